The number of imidazole rings is 1. The van der Waals surface area contributed by atoms with Gasteiger partial charge in [0.25, 0.3) is 0 Å². The van der Waals surface area contributed by atoms with E-state index in [9.17, 15) is 9.90 Å². The van der Waals surface area contributed by atoms with Gasteiger partial charge >= 0.3 is 5.69 Å². The molecule has 0 amide bonds. The molecule has 0 fully saturated rings. The Hall–Kier alpha value is -2.87. The lowest BCUT2D eigenvalue weighted by Gasteiger charge is -2.16. The Balaban J connectivity index is 2.03. The highest BCUT2D eigenvalue weighted by Crippen LogP contribution is 2.22. The Bertz CT molecular complexity index is 944. The smallest absolute Gasteiger partial charge is 0.328 e. The second kappa shape index (κ2) is 8.22. The highest BCUT2D eigenvalue weighted by Gasteiger charge is 2.18. The standard InChI is InChI=1S/C19H26N6O2/c1-4-14(11-26)21-18-23-16(20-10-13-8-6-5-7-9-13)15-17(24-18)25(12(2)3)19(27)22-15/h5-9,12,14,26H,4,10-11H2,1-3H3,(H,22,27)(H2,20,21,23,24). The number of aliphatic hydroxyl groups excluding tert-OH is 1. The summed E-state index contributed by atoms with van der Waals surface area (Å²) in [5, 5.41) is 15.9. The van der Waals surface area contributed by atoms with Gasteiger partial charge in [-0.05, 0) is 25.8 Å². The molecule has 0 spiro atoms. The van der Waals surface area contributed by atoms with Crippen LogP contribution in [0.5, 0.6) is 0 Å². The van der Waals surface area contributed by atoms with Crippen molar-refractivity contribution in [3.63, 3.8) is 0 Å². The van der Waals surface area contributed by atoms with Crippen molar-refractivity contribution >= 4 is 22.9 Å². The van der Waals surface area contributed by atoms with E-state index in [0.717, 1.165) is 12.0 Å². The molecule has 0 aliphatic carbocycles. The van der Waals surface area contributed by atoms with E-state index in [-0.39, 0.29) is 24.4 Å². The number of hydrogen-bond donors (Lipinski definition) is 4. The highest BCUT2D eigenvalue weighted by atomic mass is 16.3. The molecule has 4 N–H and O–H groups in total. The van der Waals surface area contributed by atoms with Crippen LogP contribution in [0.3, 0.4) is 0 Å². The number of H-pyrrole nitrogens is 1. The molecule has 1 unspecified atom stereocenters. The Labute approximate surface area is 157 Å². The molecule has 8 heteroatoms. The topological polar surface area (TPSA) is 108 Å². The van der Waals surface area contributed by atoms with Gasteiger partial charge < -0.3 is 20.7 Å². The number of anilines is 2. The van der Waals surface area contributed by atoms with Crippen molar-refractivity contribution in [1.82, 2.24) is 19.5 Å². The van der Waals surface area contributed by atoms with Crippen molar-refractivity contribution in [1.29, 1.82) is 0 Å². The van der Waals surface area contributed by atoms with E-state index >= 15 is 0 Å². The fraction of sp³-hybridized carbons (Fsp3) is 0.421. The van der Waals surface area contributed by atoms with E-state index in [2.05, 4.69) is 25.6 Å². The molecule has 2 aromatic heterocycles. The van der Waals surface area contributed by atoms with E-state index < -0.39 is 0 Å². The number of hydrogen-bond acceptors (Lipinski definition) is 6. The molecule has 0 saturated carbocycles. The Morgan fingerprint density at radius 1 is 1.22 bits per heavy atom. The maximum atomic E-state index is 12.4. The van der Waals surface area contributed by atoms with E-state index in [1.54, 1.807) is 4.57 Å². The minimum atomic E-state index is -0.219. The monoisotopic (exact) mass is 370 g/mol. The van der Waals surface area contributed by atoms with E-state index in [1.807, 2.05) is 51.1 Å². The van der Waals surface area contributed by atoms with Crippen molar-refractivity contribution in [2.75, 3.05) is 17.2 Å². The molecule has 0 aliphatic rings. The largest absolute Gasteiger partial charge is 0.394 e. The molecular weight excluding hydrogens is 344 g/mol. The summed E-state index contributed by atoms with van der Waals surface area (Å²) >= 11 is 0. The van der Waals surface area contributed by atoms with Gasteiger partial charge in [-0.3, -0.25) is 4.57 Å². The van der Waals surface area contributed by atoms with Crippen LogP contribution >= 0.6 is 0 Å². The lowest BCUT2D eigenvalue weighted by atomic mass is 10.2. The van der Waals surface area contributed by atoms with Gasteiger partial charge in [-0.15, -0.1) is 0 Å². The first-order valence-electron chi connectivity index (χ1n) is 9.20. The number of aliphatic hydroxyl groups is 1. The fourth-order valence-corrected chi connectivity index (χ4v) is 2.91. The van der Waals surface area contributed by atoms with Crippen LogP contribution in [0.1, 0.15) is 38.8 Å². The van der Waals surface area contributed by atoms with Crippen LogP contribution in [0.15, 0.2) is 35.1 Å². The molecule has 0 radical (unpaired) electrons. The number of benzene rings is 1. The predicted octanol–water partition coefficient (Wildman–Crippen LogP) is 2.50. The zero-order valence-electron chi connectivity index (χ0n) is 15.9. The minimum Gasteiger partial charge on any atom is -0.394 e. The first-order chi connectivity index (χ1) is 13.0. The van der Waals surface area contributed by atoms with E-state index in [0.29, 0.717) is 29.5 Å². The lowest BCUT2D eigenvalue weighted by Crippen LogP contribution is -2.24. The van der Waals surface area contributed by atoms with Crippen LogP contribution in [0.4, 0.5) is 11.8 Å². The summed E-state index contributed by atoms with van der Waals surface area (Å²) in [7, 11) is 0. The number of nitrogens with zero attached hydrogens (tertiary/aromatic N) is 3. The normalized spacial score (nSPS) is 12.5. The van der Waals surface area contributed by atoms with Crippen molar-refractivity contribution in [2.24, 2.45) is 0 Å². The van der Waals surface area contributed by atoms with Crippen LogP contribution in [0.25, 0.3) is 11.2 Å². The minimum absolute atomic E-state index is 0.0191. The Morgan fingerprint density at radius 2 is 1.96 bits per heavy atom. The van der Waals surface area contributed by atoms with Crippen LogP contribution in [-0.4, -0.2) is 37.3 Å². The summed E-state index contributed by atoms with van der Waals surface area (Å²) in [6, 6.07) is 9.76. The van der Waals surface area contributed by atoms with Crippen LogP contribution < -0.4 is 16.3 Å². The number of aromatic nitrogens is 4. The average molecular weight is 370 g/mol. The number of aromatic amines is 1. The van der Waals surface area contributed by atoms with Crippen molar-refractivity contribution in [3.8, 4) is 0 Å². The molecule has 1 aromatic carbocycles. The Kier molecular flexibility index (Phi) is 5.75. The zero-order valence-corrected chi connectivity index (χ0v) is 15.9. The maximum Gasteiger partial charge on any atom is 0.328 e. The van der Waals surface area contributed by atoms with E-state index in [4.69, 9.17) is 0 Å². The molecule has 144 valence electrons. The van der Waals surface area contributed by atoms with Gasteiger partial charge in [0.05, 0.1) is 12.6 Å². The lowest BCUT2D eigenvalue weighted by molar-refractivity contribution is 0.271. The third kappa shape index (κ3) is 4.11. The summed E-state index contributed by atoms with van der Waals surface area (Å²) in [6.07, 6.45) is 0.731. The molecule has 0 bridgehead atoms. The van der Waals surface area contributed by atoms with Gasteiger partial charge in [-0.25, -0.2) is 4.79 Å². The van der Waals surface area contributed by atoms with Gasteiger partial charge in [0.2, 0.25) is 5.95 Å². The quantitative estimate of drug-likeness (QED) is 0.485. The summed E-state index contributed by atoms with van der Waals surface area (Å²) in [5.41, 5.74) is 2.00. The molecule has 0 aliphatic heterocycles. The zero-order chi connectivity index (χ0) is 19.4. The summed E-state index contributed by atoms with van der Waals surface area (Å²) in [6.45, 7) is 6.39. The summed E-state index contributed by atoms with van der Waals surface area (Å²) in [4.78, 5) is 24.3. The third-order valence-electron chi connectivity index (χ3n) is 4.43. The van der Waals surface area contributed by atoms with Gasteiger partial charge in [0.1, 0.15) is 5.52 Å². The van der Waals surface area contributed by atoms with Gasteiger partial charge in [-0.1, -0.05) is 37.3 Å². The average Bonchev–Trinajstić information content (AvgIpc) is 3.01. The number of nitrogens with one attached hydrogen (secondary N) is 3. The van der Waals surface area contributed by atoms with Crippen LogP contribution in [0.2, 0.25) is 0 Å². The summed E-state index contributed by atoms with van der Waals surface area (Å²) in [5.74, 6) is 0.933. The molecule has 3 aromatic rings. The Morgan fingerprint density at radius 3 is 2.59 bits per heavy atom. The van der Waals surface area contributed by atoms with Crippen LogP contribution in [-0.2, 0) is 6.54 Å². The second-order valence-corrected chi connectivity index (χ2v) is 6.76. The molecule has 0 saturated heterocycles. The molecule has 2 heterocycles. The molecule has 27 heavy (non-hydrogen) atoms. The molecular formula is C19H26N6O2. The van der Waals surface area contributed by atoms with Crippen molar-refractivity contribution in [3.05, 3.63) is 46.4 Å². The molecule has 3 rings (SSSR count). The fourth-order valence-electron chi connectivity index (χ4n) is 2.91. The molecule has 8 nitrogen and oxygen atoms in total. The highest BCUT2D eigenvalue weighted by molar-refractivity contribution is 5.84. The second-order valence-electron chi connectivity index (χ2n) is 6.76. The molecule has 1 atom stereocenters. The van der Waals surface area contributed by atoms with Gasteiger partial charge in [0, 0.05) is 12.6 Å². The van der Waals surface area contributed by atoms with E-state index in [1.165, 1.54) is 0 Å². The van der Waals surface area contributed by atoms with Crippen LogP contribution in [0, 0.1) is 0 Å². The van der Waals surface area contributed by atoms with Gasteiger partial charge in [0.15, 0.2) is 11.5 Å². The number of fused-ring (bicyclic) bond motifs is 1. The maximum absolute atomic E-state index is 12.4. The van der Waals surface area contributed by atoms with Crippen molar-refractivity contribution in [2.45, 2.75) is 45.8 Å². The van der Waals surface area contributed by atoms with Crippen molar-refractivity contribution < 1.29 is 5.11 Å². The number of rotatable bonds is 8. The SMILES string of the molecule is CCC(CO)Nc1nc(NCc2ccccc2)c2[nH]c(=O)n(C(C)C)c2n1. The third-order valence-corrected chi connectivity index (χ3v) is 4.43. The van der Waals surface area contributed by atoms with Gasteiger partial charge in [-0.2, -0.15) is 9.97 Å². The first-order valence-corrected chi connectivity index (χ1v) is 9.20. The predicted molar refractivity (Wildman–Crippen MR) is 107 cm³/mol. The summed E-state index contributed by atoms with van der Waals surface area (Å²) < 4.78 is 1.61. The first kappa shape index (κ1) is 18.9.